The first-order chi connectivity index (χ1) is 17.1. The van der Waals surface area contributed by atoms with Gasteiger partial charge >= 0.3 is 11.9 Å². The summed E-state index contributed by atoms with van der Waals surface area (Å²) in [6, 6.07) is -0.428. The first-order valence-corrected chi connectivity index (χ1v) is 13.7. The summed E-state index contributed by atoms with van der Waals surface area (Å²) in [5, 5.41) is 11.1. The molecule has 208 valence electrons. The van der Waals surface area contributed by atoms with Crippen LogP contribution in [0.2, 0.25) is 0 Å². The molecule has 0 saturated carbocycles. The molecule has 0 bridgehead atoms. The van der Waals surface area contributed by atoms with Crippen LogP contribution in [0.1, 0.15) is 88.8 Å². The number of ketones is 1. The first-order valence-electron chi connectivity index (χ1n) is 12.8. The van der Waals surface area contributed by atoms with E-state index < -0.39 is 41.1 Å². The summed E-state index contributed by atoms with van der Waals surface area (Å²) in [5.41, 5.74) is 3.55. The zero-order chi connectivity index (χ0) is 28.3. The number of hydrogen-bond acceptors (Lipinski definition) is 9. The van der Waals surface area contributed by atoms with Gasteiger partial charge in [-0.15, -0.1) is 11.3 Å². The topological polar surface area (TPSA) is 143 Å². The Hall–Kier alpha value is -2.37. The molecule has 37 heavy (non-hydrogen) atoms. The number of carbonyl (C=O) groups is 4. The highest BCUT2D eigenvalue weighted by Crippen LogP contribution is 2.41. The molecule has 2 heterocycles. The lowest BCUT2D eigenvalue weighted by Gasteiger charge is -2.51. The van der Waals surface area contributed by atoms with Crippen molar-refractivity contribution in [3.05, 3.63) is 16.1 Å². The Morgan fingerprint density at radius 1 is 1.32 bits per heavy atom. The molecular weight excluding hydrogens is 496 g/mol. The number of amides is 1. The van der Waals surface area contributed by atoms with E-state index in [1.54, 1.807) is 11.9 Å². The van der Waals surface area contributed by atoms with Crippen molar-refractivity contribution in [2.24, 2.45) is 17.6 Å². The van der Waals surface area contributed by atoms with Crippen molar-refractivity contribution in [1.29, 1.82) is 0 Å². The molecule has 0 aliphatic carbocycles. The Morgan fingerprint density at radius 2 is 1.95 bits per heavy atom. The molecule has 0 aromatic carbocycles. The zero-order valence-electron chi connectivity index (χ0n) is 23.2. The number of hydrogen-bond donors (Lipinski definition) is 2. The maximum absolute atomic E-state index is 14.5. The van der Waals surface area contributed by atoms with E-state index in [4.69, 9.17) is 10.5 Å². The third kappa shape index (κ3) is 5.88. The number of likely N-dealkylation sites (tertiary alicyclic amines) is 1. The van der Waals surface area contributed by atoms with Gasteiger partial charge in [-0.1, -0.05) is 34.1 Å². The molecule has 0 spiro atoms. The number of Topliss-reactive ketones (excluding diaryl/α,β-unsaturated/α-hetero) is 1. The first kappa shape index (κ1) is 30.9. The van der Waals surface area contributed by atoms with Crippen molar-refractivity contribution in [2.45, 2.75) is 90.4 Å². The summed E-state index contributed by atoms with van der Waals surface area (Å²) in [7, 11) is 3.64. The molecule has 11 heteroatoms. The smallest absolute Gasteiger partial charge is 0.355 e. The Bertz CT molecular complexity index is 1010. The fourth-order valence-electron chi connectivity index (χ4n) is 5.64. The van der Waals surface area contributed by atoms with E-state index in [1.807, 2.05) is 46.6 Å². The van der Waals surface area contributed by atoms with E-state index in [9.17, 15) is 24.3 Å². The lowest BCUT2D eigenvalue weighted by Crippen LogP contribution is -2.73. The van der Waals surface area contributed by atoms with Gasteiger partial charge < -0.3 is 15.6 Å². The van der Waals surface area contributed by atoms with Gasteiger partial charge in [0.15, 0.2) is 23.1 Å². The molecule has 0 unspecified atom stereocenters. The van der Waals surface area contributed by atoms with Crippen LogP contribution in [0.3, 0.4) is 0 Å². The molecule has 5 atom stereocenters. The molecule has 1 fully saturated rings. The Kier molecular flexibility index (Phi) is 10.0. The second-order valence-corrected chi connectivity index (χ2v) is 11.6. The van der Waals surface area contributed by atoms with Gasteiger partial charge in [0.2, 0.25) is 5.91 Å². The van der Waals surface area contributed by atoms with Crippen LogP contribution in [0.4, 0.5) is 0 Å². The highest BCUT2D eigenvalue weighted by molar-refractivity contribution is 7.09. The highest BCUT2D eigenvalue weighted by Gasteiger charge is 2.60. The minimum atomic E-state index is -1.60. The summed E-state index contributed by atoms with van der Waals surface area (Å²) in [4.78, 5) is 59.3. The number of thiazole rings is 1. The molecule has 0 radical (unpaired) electrons. The van der Waals surface area contributed by atoms with Gasteiger partial charge in [-0.25, -0.2) is 9.78 Å². The number of likely N-dealkylation sites (N-methyl/N-ethyl adjacent to an activating group) is 2. The number of primary amides is 1. The fourth-order valence-corrected chi connectivity index (χ4v) is 6.48. The SMILES string of the molecule is CC[C@H](C)[C@](C(N)=O)(C(=O)[C@@]1(C)CCCN1C)N(C)[C@H](C[C@@H](OC(C)=O)c1nc(C(=O)O)cs1)C(C)C. The number of carboxylic acid groups (broad SMARTS) is 1. The van der Waals surface area contributed by atoms with Crippen LogP contribution in [-0.4, -0.2) is 81.3 Å². The van der Waals surface area contributed by atoms with E-state index in [-0.39, 0.29) is 29.7 Å². The van der Waals surface area contributed by atoms with Gasteiger partial charge in [-0.05, 0) is 52.2 Å². The number of rotatable bonds is 13. The van der Waals surface area contributed by atoms with Crippen LogP contribution in [0, 0.1) is 11.8 Å². The average Bonchev–Trinajstić information content (AvgIpc) is 3.43. The van der Waals surface area contributed by atoms with Crippen molar-refractivity contribution >= 4 is 35.0 Å². The lowest BCUT2D eigenvalue weighted by molar-refractivity contribution is -0.159. The van der Waals surface area contributed by atoms with Crippen LogP contribution < -0.4 is 5.73 Å². The monoisotopic (exact) mass is 538 g/mol. The van der Waals surface area contributed by atoms with Crippen LogP contribution in [0.5, 0.6) is 0 Å². The van der Waals surface area contributed by atoms with Gasteiger partial charge in [-0.3, -0.25) is 24.2 Å². The average molecular weight is 539 g/mol. The molecule has 1 aromatic heterocycles. The largest absolute Gasteiger partial charge is 0.476 e. The van der Waals surface area contributed by atoms with Gasteiger partial charge in [-0.2, -0.15) is 0 Å². The van der Waals surface area contributed by atoms with Crippen LogP contribution in [-0.2, 0) is 19.1 Å². The number of aromatic carboxylic acids is 1. The van der Waals surface area contributed by atoms with E-state index in [0.29, 0.717) is 17.8 Å². The summed E-state index contributed by atoms with van der Waals surface area (Å²) < 4.78 is 5.60. The fraction of sp³-hybridized carbons (Fsp3) is 0.731. The number of nitrogens with two attached hydrogens (primary N) is 1. The lowest BCUT2D eigenvalue weighted by atomic mass is 9.69. The van der Waals surface area contributed by atoms with Crippen molar-refractivity contribution < 1.29 is 29.0 Å². The second-order valence-electron chi connectivity index (χ2n) is 10.7. The quantitative estimate of drug-likeness (QED) is 0.286. The standard InChI is InChI=1S/C26H42N4O6S/c1-9-16(4)26(24(27)35,23(34)25(6)11-10-12-29(25)7)30(8)19(15(2)3)13-20(36-17(5)31)21-28-18(14-37-21)22(32)33/h14-16,19-20H,9-13H2,1-8H3,(H2,27,35)(H,32,33)/t16-,19+,20+,25+,26+/m0/s1. The number of carboxylic acids is 1. The normalized spacial score (nSPS) is 22.4. The number of aromatic nitrogens is 1. The minimum Gasteiger partial charge on any atom is -0.476 e. The molecule has 1 aliphatic rings. The summed E-state index contributed by atoms with van der Waals surface area (Å²) in [6.07, 6.45) is 1.36. The van der Waals surface area contributed by atoms with Crippen LogP contribution >= 0.6 is 11.3 Å². The molecular formula is C26H42N4O6S. The van der Waals surface area contributed by atoms with Gasteiger partial charge in [0.1, 0.15) is 5.01 Å². The number of carbonyl (C=O) groups excluding carboxylic acids is 3. The third-order valence-corrected chi connectivity index (χ3v) is 9.08. The Morgan fingerprint density at radius 3 is 2.35 bits per heavy atom. The number of esters is 1. The van der Waals surface area contributed by atoms with Crippen molar-refractivity contribution in [2.75, 3.05) is 20.6 Å². The van der Waals surface area contributed by atoms with Crippen molar-refractivity contribution in [3.63, 3.8) is 0 Å². The van der Waals surface area contributed by atoms with E-state index in [1.165, 1.54) is 12.3 Å². The van der Waals surface area contributed by atoms with Crippen molar-refractivity contribution in [1.82, 2.24) is 14.8 Å². The number of ether oxygens (including phenoxy) is 1. The van der Waals surface area contributed by atoms with Gasteiger partial charge in [0.25, 0.3) is 0 Å². The molecule has 10 nitrogen and oxygen atoms in total. The van der Waals surface area contributed by atoms with Crippen LogP contribution in [0.25, 0.3) is 0 Å². The zero-order valence-corrected chi connectivity index (χ0v) is 24.1. The van der Waals surface area contributed by atoms with Crippen LogP contribution in [0.15, 0.2) is 5.38 Å². The molecule has 2 rings (SSSR count). The van der Waals surface area contributed by atoms with Crippen molar-refractivity contribution in [3.8, 4) is 0 Å². The van der Waals surface area contributed by atoms with E-state index >= 15 is 0 Å². The third-order valence-electron chi connectivity index (χ3n) is 8.14. The summed E-state index contributed by atoms with van der Waals surface area (Å²) >= 11 is 1.09. The summed E-state index contributed by atoms with van der Waals surface area (Å²) in [5.74, 6) is -3.10. The Balaban J connectivity index is 2.62. The molecule has 3 N–H and O–H groups in total. The Labute approximate surface area is 223 Å². The predicted molar refractivity (Wildman–Crippen MR) is 141 cm³/mol. The molecule has 1 aromatic rings. The van der Waals surface area contributed by atoms with Gasteiger partial charge in [0, 0.05) is 24.8 Å². The maximum Gasteiger partial charge on any atom is 0.355 e. The van der Waals surface area contributed by atoms with E-state index in [2.05, 4.69) is 4.98 Å². The predicted octanol–water partition coefficient (Wildman–Crippen LogP) is 3.12. The van der Waals surface area contributed by atoms with E-state index in [0.717, 1.165) is 24.3 Å². The second kappa shape index (κ2) is 12.0. The molecule has 1 aliphatic heterocycles. The molecule has 1 saturated heterocycles. The highest BCUT2D eigenvalue weighted by atomic mass is 32.1. The summed E-state index contributed by atoms with van der Waals surface area (Å²) in [6.45, 7) is 11.6. The number of nitrogens with zero attached hydrogens (tertiary/aromatic N) is 3. The maximum atomic E-state index is 14.5. The van der Waals surface area contributed by atoms with Gasteiger partial charge in [0.05, 0.1) is 5.54 Å². The molecule has 1 amide bonds. The minimum absolute atomic E-state index is 0.0772.